The van der Waals surface area contributed by atoms with Crippen LogP contribution in [0.2, 0.25) is 0 Å². The fourth-order valence-corrected chi connectivity index (χ4v) is 2.31. The maximum atomic E-state index is 12.9. The highest BCUT2D eigenvalue weighted by Crippen LogP contribution is 2.17. The average Bonchev–Trinajstić information content (AvgIpc) is 2.92. The molecule has 0 unspecified atom stereocenters. The average molecular weight is 314 g/mol. The Morgan fingerprint density at radius 3 is 2.05 bits per heavy atom. The van der Waals surface area contributed by atoms with Gasteiger partial charge in [-0.3, -0.25) is 4.79 Å². The van der Waals surface area contributed by atoms with E-state index in [0.29, 0.717) is 25.9 Å². The van der Waals surface area contributed by atoms with Crippen molar-refractivity contribution in [3.05, 3.63) is 0 Å². The molecule has 2 fully saturated rings. The standard InChI is InChI=1S/C10H17FN2O.C2HF3O2/c11-9-2-5-13(6-3-9)10(14)8-1-4-12-7-8;3-2(4,5)1(6)7/h8-9,12H,1-7H2;(H,6,7)/t8-;/m0./s1. The van der Waals surface area contributed by atoms with Gasteiger partial charge in [-0.1, -0.05) is 0 Å². The third-order valence-electron chi connectivity index (χ3n) is 3.49. The number of amides is 1. The van der Waals surface area contributed by atoms with E-state index in [1.165, 1.54) is 0 Å². The molecule has 0 bridgehead atoms. The van der Waals surface area contributed by atoms with Crippen LogP contribution in [0, 0.1) is 5.92 Å². The molecule has 122 valence electrons. The molecule has 0 spiro atoms. The van der Waals surface area contributed by atoms with Crippen LogP contribution in [-0.4, -0.2) is 55.3 Å². The molecule has 0 aromatic heterocycles. The Kier molecular flexibility index (Phi) is 6.38. The highest BCUT2D eigenvalue weighted by Gasteiger charge is 2.31. The molecule has 9 heteroatoms. The summed E-state index contributed by atoms with van der Waals surface area (Å²) < 4.78 is 44.4. The number of alkyl halides is 4. The van der Waals surface area contributed by atoms with Gasteiger partial charge in [0.15, 0.2) is 0 Å². The number of aliphatic carboxylic acids is 1. The number of likely N-dealkylation sites (tertiary alicyclic amines) is 1. The summed E-state index contributed by atoms with van der Waals surface area (Å²) in [5.41, 5.74) is 0. The van der Waals surface area contributed by atoms with Crippen molar-refractivity contribution in [1.29, 1.82) is 0 Å². The van der Waals surface area contributed by atoms with E-state index in [4.69, 9.17) is 9.90 Å². The van der Waals surface area contributed by atoms with Crippen molar-refractivity contribution in [2.24, 2.45) is 5.92 Å². The zero-order chi connectivity index (χ0) is 16.0. The predicted molar refractivity (Wildman–Crippen MR) is 61.5 cm³/mol. The summed E-state index contributed by atoms with van der Waals surface area (Å²) in [4.78, 5) is 22.5. The van der Waals surface area contributed by atoms with Gasteiger partial charge in [-0.15, -0.1) is 0 Å². The Hall–Kier alpha value is -1.38. The smallest absolute Gasteiger partial charge is 0.430 e. The third-order valence-corrected chi connectivity index (χ3v) is 3.49. The molecule has 2 saturated heterocycles. The van der Waals surface area contributed by atoms with Gasteiger partial charge < -0.3 is 20.1 Å². The van der Waals surface area contributed by atoms with Gasteiger partial charge in [-0.05, 0) is 12.8 Å². The SMILES string of the molecule is O=C([C@H]1CC[NH2+]C1)N1CCC(F)CC1.O=C([O-])C(F)(F)F. The zero-order valence-corrected chi connectivity index (χ0v) is 11.4. The Labute approximate surface area is 119 Å². The van der Waals surface area contributed by atoms with Gasteiger partial charge in [0.25, 0.3) is 0 Å². The number of carbonyl (C=O) groups is 2. The van der Waals surface area contributed by atoms with Gasteiger partial charge in [0.2, 0.25) is 5.91 Å². The molecular formula is C12H18F4N2O3. The first-order valence-corrected chi connectivity index (χ1v) is 6.74. The summed E-state index contributed by atoms with van der Waals surface area (Å²) in [5.74, 6) is -2.55. The van der Waals surface area contributed by atoms with Gasteiger partial charge >= 0.3 is 6.18 Å². The van der Waals surface area contributed by atoms with E-state index < -0.39 is 18.3 Å². The van der Waals surface area contributed by atoms with Crippen LogP contribution in [0.1, 0.15) is 19.3 Å². The topological polar surface area (TPSA) is 77.0 Å². The van der Waals surface area contributed by atoms with Gasteiger partial charge in [-0.2, -0.15) is 13.2 Å². The molecule has 2 heterocycles. The largest absolute Gasteiger partial charge is 0.542 e. The number of carboxylic acid groups (broad SMARTS) is 1. The van der Waals surface area contributed by atoms with Crippen LogP contribution in [0.3, 0.4) is 0 Å². The summed E-state index contributed by atoms with van der Waals surface area (Å²) in [7, 11) is 0. The number of carbonyl (C=O) groups excluding carboxylic acids is 2. The number of rotatable bonds is 1. The van der Waals surface area contributed by atoms with E-state index in [1.807, 2.05) is 4.90 Å². The second kappa shape index (κ2) is 7.58. The molecule has 0 saturated carbocycles. The molecule has 0 aromatic carbocycles. The van der Waals surface area contributed by atoms with Crippen molar-refractivity contribution in [2.45, 2.75) is 31.6 Å². The van der Waals surface area contributed by atoms with Crippen molar-refractivity contribution in [3.63, 3.8) is 0 Å². The number of halogens is 4. The highest BCUT2D eigenvalue weighted by molar-refractivity contribution is 5.79. The first-order valence-electron chi connectivity index (χ1n) is 6.74. The molecule has 2 N–H and O–H groups in total. The van der Waals surface area contributed by atoms with E-state index in [2.05, 4.69) is 5.32 Å². The fourth-order valence-electron chi connectivity index (χ4n) is 2.31. The predicted octanol–water partition coefficient (Wildman–Crippen LogP) is -1.17. The summed E-state index contributed by atoms with van der Waals surface area (Å²) in [6, 6.07) is 0. The molecule has 1 atom stereocenters. The van der Waals surface area contributed by atoms with Crippen molar-refractivity contribution in [2.75, 3.05) is 26.2 Å². The fraction of sp³-hybridized carbons (Fsp3) is 0.833. The maximum absolute atomic E-state index is 12.9. The van der Waals surface area contributed by atoms with Crippen molar-refractivity contribution < 1.29 is 37.6 Å². The van der Waals surface area contributed by atoms with Crippen LogP contribution >= 0.6 is 0 Å². The Morgan fingerprint density at radius 1 is 1.14 bits per heavy atom. The molecule has 5 nitrogen and oxygen atoms in total. The quantitative estimate of drug-likeness (QED) is 0.620. The van der Waals surface area contributed by atoms with Crippen LogP contribution in [0.25, 0.3) is 0 Å². The number of carboxylic acids is 1. The molecule has 0 aromatic rings. The lowest BCUT2D eigenvalue weighted by molar-refractivity contribution is -0.637. The second-order valence-electron chi connectivity index (χ2n) is 5.08. The summed E-state index contributed by atoms with van der Waals surface area (Å²) in [6.45, 7) is 3.23. The van der Waals surface area contributed by atoms with E-state index in [1.54, 1.807) is 0 Å². The third kappa shape index (κ3) is 5.86. The number of nitrogens with two attached hydrogens (primary N) is 1. The van der Waals surface area contributed by atoms with Crippen molar-refractivity contribution >= 4 is 11.9 Å². The normalized spacial score (nSPS) is 23.4. The molecule has 0 aliphatic carbocycles. The molecule has 21 heavy (non-hydrogen) atoms. The zero-order valence-electron chi connectivity index (χ0n) is 11.4. The lowest BCUT2D eigenvalue weighted by Crippen LogP contribution is -2.81. The Morgan fingerprint density at radius 2 is 1.67 bits per heavy atom. The Bertz CT molecular complexity index is 362. The van der Waals surface area contributed by atoms with E-state index >= 15 is 0 Å². The Balaban J connectivity index is 0.000000270. The van der Waals surface area contributed by atoms with Crippen molar-refractivity contribution in [3.8, 4) is 0 Å². The van der Waals surface area contributed by atoms with Gasteiger partial charge in [0.1, 0.15) is 12.1 Å². The molecule has 1 amide bonds. The van der Waals surface area contributed by atoms with Crippen LogP contribution in [-0.2, 0) is 9.59 Å². The van der Waals surface area contributed by atoms with E-state index in [-0.39, 0.29) is 11.8 Å². The van der Waals surface area contributed by atoms with Gasteiger partial charge in [0, 0.05) is 19.5 Å². The first-order chi connectivity index (χ1) is 9.71. The van der Waals surface area contributed by atoms with Gasteiger partial charge in [0.05, 0.1) is 19.0 Å². The molecule has 2 aliphatic heterocycles. The van der Waals surface area contributed by atoms with E-state index in [0.717, 1.165) is 19.5 Å². The number of hydrogen-bond acceptors (Lipinski definition) is 3. The first kappa shape index (κ1) is 17.7. The van der Waals surface area contributed by atoms with Crippen LogP contribution in [0.5, 0.6) is 0 Å². The molecular weight excluding hydrogens is 296 g/mol. The van der Waals surface area contributed by atoms with Crippen molar-refractivity contribution in [1.82, 2.24) is 4.90 Å². The molecule has 2 rings (SSSR count). The minimum atomic E-state index is -5.19. The summed E-state index contributed by atoms with van der Waals surface area (Å²) in [6.07, 6.45) is -3.83. The summed E-state index contributed by atoms with van der Waals surface area (Å²) >= 11 is 0. The lowest BCUT2D eigenvalue weighted by Gasteiger charge is -2.30. The summed E-state index contributed by atoms with van der Waals surface area (Å²) in [5, 5.41) is 11.0. The van der Waals surface area contributed by atoms with Gasteiger partial charge in [-0.25, -0.2) is 4.39 Å². The van der Waals surface area contributed by atoms with Crippen LogP contribution < -0.4 is 10.4 Å². The highest BCUT2D eigenvalue weighted by atomic mass is 19.4. The molecule has 0 radical (unpaired) electrons. The number of piperidine rings is 1. The minimum absolute atomic E-state index is 0.200. The number of hydrogen-bond donors (Lipinski definition) is 1. The number of quaternary nitrogens is 1. The second-order valence-corrected chi connectivity index (χ2v) is 5.08. The maximum Gasteiger partial charge on any atom is 0.430 e. The monoisotopic (exact) mass is 314 g/mol. The number of nitrogens with zero attached hydrogens (tertiary/aromatic N) is 1. The molecule has 2 aliphatic rings. The minimum Gasteiger partial charge on any atom is -0.542 e. The van der Waals surface area contributed by atoms with E-state index in [9.17, 15) is 22.4 Å². The lowest BCUT2D eigenvalue weighted by atomic mass is 10.0. The van der Waals surface area contributed by atoms with Crippen LogP contribution in [0.4, 0.5) is 17.6 Å². The van der Waals surface area contributed by atoms with Crippen LogP contribution in [0.15, 0.2) is 0 Å².